The first-order valence-corrected chi connectivity index (χ1v) is 8.94. The SMILES string of the molecule is NC(=O)c1c(N)n[nH]c1C#Cc1cc(N)c(C2=C(N)CCC23CC3)cc1Cl. The van der Waals surface area contributed by atoms with Gasteiger partial charge in [0, 0.05) is 22.5 Å². The molecule has 4 rings (SSSR count). The van der Waals surface area contributed by atoms with Crippen molar-refractivity contribution in [3.05, 3.63) is 45.2 Å². The molecule has 8 heteroatoms. The van der Waals surface area contributed by atoms with Gasteiger partial charge in [-0.15, -0.1) is 0 Å². The maximum atomic E-state index is 11.5. The number of nitrogens with one attached hydrogen (secondary N) is 1. The molecule has 0 bridgehead atoms. The van der Waals surface area contributed by atoms with Gasteiger partial charge in [-0.3, -0.25) is 9.89 Å². The Morgan fingerprint density at radius 3 is 2.59 bits per heavy atom. The lowest BCUT2D eigenvalue weighted by molar-refractivity contribution is 0.100. The van der Waals surface area contributed by atoms with E-state index in [9.17, 15) is 4.79 Å². The zero-order valence-corrected chi connectivity index (χ0v) is 15.3. The average molecular weight is 383 g/mol. The number of primary amides is 1. The zero-order chi connectivity index (χ0) is 19.3. The number of H-pyrrole nitrogens is 1. The lowest BCUT2D eigenvalue weighted by atomic mass is 9.90. The molecule has 1 amide bonds. The molecule has 1 heterocycles. The van der Waals surface area contributed by atoms with Crippen molar-refractivity contribution < 1.29 is 4.79 Å². The Labute approximate surface area is 161 Å². The predicted octanol–water partition coefficient (Wildman–Crippen LogP) is 1.97. The molecule has 1 aromatic heterocycles. The summed E-state index contributed by atoms with van der Waals surface area (Å²) in [6.07, 6.45) is 4.24. The molecule has 1 fully saturated rings. The highest BCUT2D eigenvalue weighted by Crippen LogP contribution is 2.64. The number of rotatable bonds is 2. The number of amides is 1. The Balaban J connectivity index is 1.73. The molecular weight excluding hydrogens is 364 g/mol. The van der Waals surface area contributed by atoms with E-state index in [0.29, 0.717) is 16.3 Å². The summed E-state index contributed by atoms with van der Waals surface area (Å²) in [6, 6.07) is 3.55. The monoisotopic (exact) mass is 382 g/mol. The molecule has 1 spiro atoms. The Kier molecular flexibility index (Phi) is 3.82. The summed E-state index contributed by atoms with van der Waals surface area (Å²) in [5, 5.41) is 6.81. The number of nitrogens with two attached hydrogens (primary N) is 4. The largest absolute Gasteiger partial charge is 0.402 e. The van der Waals surface area contributed by atoms with Gasteiger partial charge in [0.2, 0.25) is 0 Å². The number of aromatic amines is 1. The number of nitrogens with zero attached hydrogens (tertiary/aromatic N) is 1. The number of halogens is 1. The maximum Gasteiger partial charge on any atom is 0.255 e. The second-order valence-electron chi connectivity index (χ2n) is 7.07. The van der Waals surface area contributed by atoms with Gasteiger partial charge in [0.1, 0.15) is 11.3 Å². The molecule has 0 unspecified atom stereocenters. The molecule has 138 valence electrons. The number of benzene rings is 1. The second-order valence-corrected chi connectivity index (χ2v) is 7.48. The summed E-state index contributed by atoms with van der Waals surface area (Å²) >= 11 is 6.45. The van der Waals surface area contributed by atoms with E-state index < -0.39 is 5.91 Å². The fourth-order valence-electron chi connectivity index (χ4n) is 3.80. The molecule has 0 radical (unpaired) electrons. The van der Waals surface area contributed by atoms with Crippen LogP contribution in [-0.4, -0.2) is 16.1 Å². The van der Waals surface area contributed by atoms with E-state index in [1.165, 1.54) is 0 Å². The van der Waals surface area contributed by atoms with Crippen molar-refractivity contribution >= 4 is 34.6 Å². The van der Waals surface area contributed by atoms with Crippen LogP contribution in [0.4, 0.5) is 11.5 Å². The molecule has 1 saturated carbocycles. The average Bonchev–Trinajstić information content (AvgIpc) is 3.18. The minimum absolute atomic E-state index is 0.00568. The van der Waals surface area contributed by atoms with Crippen LogP contribution < -0.4 is 22.9 Å². The molecular formula is C19H19ClN6O. The first-order chi connectivity index (χ1) is 12.8. The van der Waals surface area contributed by atoms with E-state index in [1.807, 2.05) is 6.07 Å². The smallest absolute Gasteiger partial charge is 0.255 e. The van der Waals surface area contributed by atoms with Gasteiger partial charge in [-0.05, 0) is 54.7 Å². The number of allylic oxidation sites excluding steroid dienone is 2. The fourth-order valence-corrected chi connectivity index (χ4v) is 4.01. The van der Waals surface area contributed by atoms with Gasteiger partial charge >= 0.3 is 0 Å². The number of nitrogen functional groups attached to an aromatic ring is 2. The van der Waals surface area contributed by atoms with Gasteiger partial charge in [-0.2, -0.15) is 5.10 Å². The van der Waals surface area contributed by atoms with Crippen LogP contribution in [0.3, 0.4) is 0 Å². The van der Waals surface area contributed by atoms with Crippen LogP contribution in [-0.2, 0) is 0 Å². The summed E-state index contributed by atoms with van der Waals surface area (Å²) in [4.78, 5) is 11.5. The van der Waals surface area contributed by atoms with E-state index in [2.05, 4.69) is 22.0 Å². The van der Waals surface area contributed by atoms with Crippen LogP contribution in [0, 0.1) is 17.3 Å². The highest BCUT2D eigenvalue weighted by Gasteiger charge is 2.50. The first-order valence-electron chi connectivity index (χ1n) is 8.56. The van der Waals surface area contributed by atoms with Crippen LogP contribution in [0.1, 0.15) is 52.9 Å². The standard InChI is InChI=1S/C19H19ClN6O/c20-11-8-10(16-12(21)3-4-19(16)5-6-19)13(22)7-9(11)1-2-14-15(18(24)27)17(23)26-25-14/h7-8H,3-6,21-22H2,(H2,24,27)(H3,23,25,26). The Morgan fingerprint density at radius 1 is 1.19 bits per heavy atom. The van der Waals surface area contributed by atoms with E-state index in [0.717, 1.165) is 42.5 Å². The summed E-state index contributed by atoms with van der Waals surface area (Å²) < 4.78 is 0. The molecule has 1 aromatic carbocycles. The minimum Gasteiger partial charge on any atom is -0.402 e. The highest BCUT2D eigenvalue weighted by molar-refractivity contribution is 6.32. The molecule has 2 aliphatic carbocycles. The highest BCUT2D eigenvalue weighted by atomic mass is 35.5. The normalized spacial score (nSPS) is 17.1. The third-order valence-electron chi connectivity index (χ3n) is 5.35. The molecule has 0 saturated heterocycles. The zero-order valence-electron chi connectivity index (χ0n) is 14.5. The van der Waals surface area contributed by atoms with Crippen molar-refractivity contribution in [1.82, 2.24) is 10.2 Å². The van der Waals surface area contributed by atoms with Crippen LogP contribution in [0.5, 0.6) is 0 Å². The molecule has 0 aliphatic heterocycles. The Morgan fingerprint density at radius 2 is 1.93 bits per heavy atom. The summed E-state index contributed by atoms with van der Waals surface area (Å²) in [6.45, 7) is 0. The quantitative estimate of drug-likeness (QED) is 0.397. The van der Waals surface area contributed by atoms with Crippen LogP contribution in [0.25, 0.3) is 5.57 Å². The molecule has 7 nitrogen and oxygen atoms in total. The Bertz CT molecular complexity index is 1070. The van der Waals surface area contributed by atoms with Gasteiger partial charge in [-0.25, -0.2) is 0 Å². The number of hydrogen-bond donors (Lipinski definition) is 5. The van der Waals surface area contributed by atoms with E-state index in [-0.39, 0.29) is 22.5 Å². The predicted molar refractivity (Wildman–Crippen MR) is 105 cm³/mol. The van der Waals surface area contributed by atoms with Crippen molar-refractivity contribution in [2.24, 2.45) is 16.9 Å². The first kappa shape index (κ1) is 17.3. The molecule has 2 aromatic rings. The number of carbonyl (C=O) groups excluding carboxylic acids is 1. The van der Waals surface area contributed by atoms with E-state index in [4.69, 9.17) is 34.5 Å². The lowest BCUT2D eigenvalue weighted by Crippen LogP contribution is -2.13. The van der Waals surface area contributed by atoms with Crippen LogP contribution >= 0.6 is 11.6 Å². The second kappa shape index (κ2) is 5.96. The number of hydrogen-bond acceptors (Lipinski definition) is 5. The third-order valence-corrected chi connectivity index (χ3v) is 5.66. The lowest BCUT2D eigenvalue weighted by Gasteiger charge is -2.16. The topological polar surface area (TPSA) is 150 Å². The molecule has 0 atom stereocenters. The molecule has 2 aliphatic rings. The van der Waals surface area contributed by atoms with Crippen LogP contribution in [0.2, 0.25) is 5.02 Å². The van der Waals surface area contributed by atoms with Crippen molar-refractivity contribution in [2.45, 2.75) is 25.7 Å². The minimum atomic E-state index is -0.704. The third kappa shape index (κ3) is 2.78. The number of anilines is 2. The Hall–Kier alpha value is -3.11. The molecule has 9 N–H and O–H groups in total. The summed E-state index contributed by atoms with van der Waals surface area (Å²) in [5.41, 5.74) is 28.0. The van der Waals surface area contributed by atoms with Crippen molar-refractivity contribution in [1.29, 1.82) is 0 Å². The molecule has 27 heavy (non-hydrogen) atoms. The number of carbonyl (C=O) groups is 1. The van der Waals surface area contributed by atoms with Gasteiger partial charge in [0.25, 0.3) is 5.91 Å². The van der Waals surface area contributed by atoms with Crippen molar-refractivity contribution in [3.8, 4) is 11.8 Å². The van der Waals surface area contributed by atoms with E-state index in [1.54, 1.807) is 6.07 Å². The van der Waals surface area contributed by atoms with Gasteiger partial charge in [0.15, 0.2) is 5.82 Å². The van der Waals surface area contributed by atoms with Gasteiger partial charge in [-0.1, -0.05) is 17.5 Å². The van der Waals surface area contributed by atoms with Gasteiger partial charge < -0.3 is 22.9 Å². The van der Waals surface area contributed by atoms with Crippen molar-refractivity contribution in [2.75, 3.05) is 11.5 Å². The van der Waals surface area contributed by atoms with E-state index >= 15 is 0 Å². The van der Waals surface area contributed by atoms with Crippen LogP contribution in [0.15, 0.2) is 17.8 Å². The van der Waals surface area contributed by atoms with Crippen molar-refractivity contribution in [3.63, 3.8) is 0 Å². The summed E-state index contributed by atoms with van der Waals surface area (Å²) in [7, 11) is 0. The summed E-state index contributed by atoms with van der Waals surface area (Å²) in [5.74, 6) is 5.00. The van der Waals surface area contributed by atoms with Gasteiger partial charge in [0.05, 0.1) is 5.02 Å². The number of aromatic nitrogens is 2. The fraction of sp³-hybridized carbons (Fsp3) is 0.263. The maximum absolute atomic E-state index is 11.5.